The smallest absolute Gasteiger partial charge is 0.288 e. The minimum atomic E-state index is -0.242. The number of nitrogens with zero attached hydrogens (tertiary/aromatic N) is 5. The van der Waals surface area contributed by atoms with Crippen LogP contribution in [0, 0.1) is 22.7 Å². The summed E-state index contributed by atoms with van der Waals surface area (Å²) in [6, 6.07) is 4.19. The number of aryl methyl sites for hydroxylation is 1. The van der Waals surface area contributed by atoms with E-state index in [1.807, 2.05) is 6.07 Å². The van der Waals surface area contributed by atoms with E-state index in [1.165, 1.54) is 16.6 Å². The Morgan fingerprint density at radius 1 is 1.48 bits per heavy atom. The topological polar surface area (TPSA) is 98.9 Å². The first-order valence-electron chi connectivity index (χ1n) is 9.59. The number of carbonyl (C=O) groups excluding carboxylic acids is 1. The predicted octanol–water partition coefficient (Wildman–Crippen LogP) is 2.31. The van der Waals surface area contributed by atoms with Crippen LogP contribution in [0.15, 0.2) is 21.8 Å². The van der Waals surface area contributed by atoms with Crippen LogP contribution in [0.25, 0.3) is 0 Å². The molecule has 1 amide bonds. The third-order valence-electron chi connectivity index (χ3n) is 5.17. The second-order valence-electron chi connectivity index (χ2n) is 8.54. The lowest BCUT2D eigenvalue weighted by molar-refractivity contribution is -0.753. The lowest BCUT2D eigenvalue weighted by Crippen LogP contribution is -2.53. The van der Waals surface area contributed by atoms with Gasteiger partial charge in [-0.05, 0) is 42.2 Å². The van der Waals surface area contributed by atoms with Crippen molar-refractivity contribution in [1.82, 2.24) is 10.3 Å². The molecule has 1 atom stereocenters. The highest BCUT2D eigenvalue weighted by Gasteiger charge is 2.30. The number of carbonyl (C=O) groups is 1. The zero-order valence-corrected chi connectivity index (χ0v) is 18.3. The number of nitriles is 1. The number of fused-ring (bicyclic) bond motifs is 1. The molecule has 2 heterocycles. The molecule has 0 saturated carbocycles. The van der Waals surface area contributed by atoms with E-state index in [0.717, 1.165) is 30.5 Å². The van der Waals surface area contributed by atoms with Gasteiger partial charge < -0.3 is 0 Å². The molecule has 0 aliphatic heterocycles. The third kappa shape index (κ3) is 5.07. The van der Waals surface area contributed by atoms with Crippen LogP contribution in [0.2, 0.25) is 0 Å². The van der Waals surface area contributed by atoms with Crippen LogP contribution in [-0.2, 0) is 17.6 Å². The van der Waals surface area contributed by atoms with Gasteiger partial charge >= 0.3 is 5.88 Å². The maximum Gasteiger partial charge on any atom is 0.305 e. The van der Waals surface area contributed by atoms with E-state index in [4.69, 9.17) is 9.51 Å². The largest absolute Gasteiger partial charge is 0.305 e. The number of pyridine rings is 1. The number of amides is 1. The van der Waals surface area contributed by atoms with Gasteiger partial charge in [0, 0.05) is 5.69 Å². The molecule has 0 radical (unpaired) electrons. The van der Waals surface area contributed by atoms with Gasteiger partial charge in [-0.2, -0.15) is 10.3 Å². The van der Waals surface area contributed by atoms with Gasteiger partial charge in [0.05, 0.1) is 30.2 Å². The molecule has 29 heavy (non-hydrogen) atoms. The first kappa shape index (κ1) is 21.1. The fourth-order valence-corrected chi connectivity index (χ4v) is 4.14. The molecule has 0 spiro atoms. The Morgan fingerprint density at radius 2 is 2.24 bits per heavy atom. The first-order chi connectivity index (χ1) is 13.7. The number of hydrogen-bond acceptors (Lipinski definition) is 7. The molecule has 0 fully saturated rings. The van der Waals surface area contributed by atoms with Gasteiger partial charge in [0.15, 0.2) is 0 Å². The summed E-state index contributed by atoms with van der Waals surface area (Å²) in [7, 11) is 3.61. The Bertz CT molecular complexity index is 941. The summed E-state index contributed by atoms with van der Waals surface area (Å²) in [5.41, 5.74) is 2.98. The van der Waals surface area contributed by atoms with Crippen molar-refractivity contribution in [3.8, 4) is 6.07 Å². The van der Waals surface area contributed by atoms with Gasteiger partial charge in [0.2, 0.25) is 11.2 Å². The van der Waals surface area contributed by atoms with E-state index in [0.29, 0.717) is 16.5 Å². The fourth-order valence-electron chi connectivity index (χ4n) is 3.36. The van der Waals surface area contributed by atoms with E-state index in [1.54, 1.807) is 25.3 Å². The highest BCUT2D eigenvalue weighted by atomic mass is 32.2. The molecule has 2 aromatic rings. The molecule has 9 heteroatoms. The fraction of sp³-hybridized carbons (Fsp3) is 0.550. The van der Waals surface area contributed by atoms with E-state index >= 15 is 0 Å². The van der Waals surface area contributed by atoms with Crippen LogP contribution in [0.4, 0.5) is 5.88 Å². The molecule has 154 valence electrons. The van der Waals surface area contributed by atoms with E-state index in [2.05, 4.69) is 37.4 Å². The Kier molecular flexibility index (Phi) is 6.13. The molecular formula is C20H27N6O2S+. The van der Waals surface area contributed by atoms with Crippen molar-refractivity contribution in [1.29, 1.82) is 5.26 Å². The van der Waals surface area contributed by atoms with Crippen molar-refractivity contribution in [2.75, 3.05) is 30.2 Å². The normalized spacial score (nSPS) is 16.1. The Labute approximate surface area is 175 Å². The van der Waals surface area contributed by atoms with Crippen LogP contribution in [0.3, 0.4) is 0 Å². The average molecular weight is 416 g/mol. The van der Waals surface area contributed by atoms with Crippen LogP contribution in [0.1, 0.15) is 44.0 Å². The Balaban J connectivity index is 1.66. The predicted molar refractivity (Wildman–Crippen MR) is 110 cm³/mol. The number of aromatic nitrogens is 3. The molecule has 1 aliphatic rings. The molecule has 1 N–H and O–H groups in total. The highest BCUT2D eigenvalue weighted by molar-refractivity contribution is 8.00. The summed E-state index contributed by atoms with van der Waals surface area (Å²) in [6.45, 7) is 6.79. The Hall–Kier alpha value is -2.60. The summed E-state index contributed by atoms with van der Waals surface area (Å²) in [5, 5.41) is 18.3. The van der Waals surface area contributed by atoms with Crippen molar-refractivity contribution >= 4 is 23.6 Å². The maximum atomic E-state index is 12.3. The summed E-state index contributed by atoms with van der Waals surface area (Å²) in [4.78, 5) is 18.4. The zero-order valence-electron chi connectivity index (χ0n) is 17.5. The molecule has 8 nitrogen and oxygen atoms in total. The molecule has 1 unspecified atom stereocenters. The highest BCUT2D eigenvalue weighted by Crippen LogP contribution is 2.38. The van der Waals surface area contributed by atoms with Crippen LogP contribution in [-0.4, -0.2) is 36.0 Å². The number of hydrogen-bond donors (Lipinski definition) is 1. The number of rotatable bonds is 5. The molecule has 1 aliphatic carbocycles. The minimum Gasteiger partial charge on any atom is -0.288 e. The maximum absolute atomic E-state index is 12.3. The van der Waals surface area contributed by atoms with Crippen molar-refractivity contribution < 1.29 is 14.1 Å². The molecule has 0 saturated heterocycles. The van der Waals surface area contributed by atoms with E-state index in [9.17, 15) is 10.1 Å². The van der Waals surface area contributed by atoms with Gasteiger partial charge in [0.25, 0.3) is 6.20 Å². The number of anilines is 1. The molecule has 0 aromatic carbocycles. The Morgan fingerprint density at radius 3 is 2.86 bits per heavy atom. The van der Waals surface area contributed by atoms with Crippen LogP contribution < -0.4 is 15.1 Å². The SMILES string of the molecule is CN(C)[n+]1cc(NC(=O)CSc2nc3c(cc2C#N)CC(C(C)(C)C)CC3)on1. The standard InChI is InChI=1S/C20H26N6O2S/c1-20(2,3)15-6-7-16-13(9-15)8-14(10-21)19(22-16)29-12-17(27)23-18-11-26(24-28-18)25(4)5/h8,11,15H,6-7,9,12H2,1-5H3/p+1. The monoisotopic (exact) mass is 415 g/mol. The van der Waals surface area contributed by atoms with Gasteiger partial charge in [-0.1, -0.05) is 32.5 Å². The van der Waals surface area contributed by atoms with Crippen molar-refractivity contribution in [2.45, 2.75) is 45.1 Å². The number of nitrogens with one attached hydrogen (secondary N) is 1. The van der Waals surface area contributed by atoms with E-state index < -0.39 is 0 Å². The second-order valence-corrected chi connectivity index (χ2v) is 9.50. The average Bonchev–Trinajstić information content (AvgIpc) is 3.13. The summed E-state index contributed by atoms with van der Waals surface area (Å²) in [6.07, 6.45) is 4.53. The molecular weight excluding hydrogens is 388 g/mol. The first-order valence-corrected chi connectivity index (χ1v) is 10.6. The van der Waals surface area contributed by atoms with Crippen LogP contribution >= 0.6 is 11.8 Å². The third-order valence-corrected chi connectivity index (χ3v) is 6.16. The van der Waals surface area contributed by atoms with Gasteiger partial charge in [-0.15, -0.1) is 0 Å². The molecule has 0 bridgehead atoms. The summed E-state index contributed by atoms with van der Waals surface area (Å²) >= 11 is 1.27. The summed E-state index contributed by atoms with van der Waals surface area (Å²) in [5.74, 6) is 0.734. The quantitative estimate of drug-likeness (QED) is 0.591. The summed E-state index contributed by atoms with van der Waals surface area (Å²) < 4.78 is 5.07. The van der Waals surface area contributed by atoms with E-state index in [-0.39, 0.29) is 23.0 Å². The van der Waals surface area contributed by atoms with Gasteiger partial charge in [-0.3, -0.25) is 14.6 Å². The molecule has 3 rings (SSSR count). The van der Waals surface area contributed by atoms with Gasteiger partial charge in [-0.25, -0.2) is 4.98 Å². The number of thioether (sulfide) groups is 1. The molecule has 2 aromatic heterocycles. The second kappa shape index (κ2) is 8.41. The van der Waals surface area contributed by atoms with Gasteiger partial charge in [0.1, 0.15) is 11.1 Å². The van der Waals surface area contributed by atoms with Crippen LogP contribution in [0.5, 0.6) is 0 Å². The van der Waals surface area contributed by atoms with Crippen molar-refractivity contribution in [3.63, 3.8) is 0 Å². The van der Waals surface area contributed by atoms with Crippen molar-refractivity contribution in [2.24, 2.45) is 11.3 Å². The lowest BCUT2D eigenvalue weighted by Gasteiger charge is -2.34. The lowest BCUT2D eigenvalue weighted by atomic mass is 9.71. The van der Waals surface area contributed by atoms with Crippen molar-refractivity contribution in [3.05, 3.63) is 29.1 Å². The zero-order chi connectivity index (χ0) is 21.2. The minimum absolute atomic E-state index is 0.133.